The summed E-state index contributed by atoms with van der Waals surface area (Å²) in [5, 5.41) is 0. The van der Waals surface area contributed by atoms with Gasteiger partial charge in [-0.25, -0.2) is 4.79 Å². The molecule has 2 atom stereocenters. The van der Waals surface area contributed by atoms with Crippen LogP contribution in [0.4, 0.5) is 11.4 Å². The third-order valence-electron chi connectivity index (χ3n) is 7.92. The fourth-order valence-electron chi connectivity index (χ4n) is 5.70. The van der Waals surface area contributed by atoms with Crippen molar-refractivity contribution in [1.82, 2.24) is 4.90 Å². The minimum atomic E-state index is -0.355. The van der Waals surface area contributed by atoms with Gasteiger partial charge in [0.2, 0.25) is 0 Å². The summed E-state index contributed by atoms with van der Waals surface area (Å²) in [6, 6.07) is 22.8. The van der Waals surface area contributed by atoms with Gasteiger partial charge >= 0.3 is 5.97 Å². The number of nitrogens with zero attached hydrogens (tertiary/aromatic N) is 2. The van der Waals surface area contributed by atoms with E-state index < -0.39 is 0 Å². The summed E-state index contributed by atoms with van der Waals surface area (Å²) in [5.74, 6) is 1.54. The summed E-state index contributed by atoms with van der Waals surface area (Å²) in [7, 11) is 3.87. The zero-order valence-electron chi connectivity index (χ0n) is 25.7. The number of benzene rings is 3. The number of rotatable bonds is 6. The number of carbonyl (C=O) groups excluding carboxylic acids is 1. The quantitative estimate of drug-likeness (QED) is 0.233. The van der Waals surface area contributed by atoms with Crippen LogP contribution >= 0.6 is 0 Å². The normalized spacial score (nSPS) is 18.3. The molecule has 0 radical (unpaired) electrons. The van der Waals surface area contributed by atoms with E-state index in [0.717, 1.165) is 42.1 Å². The van der Waals surface area contributed by atoms with Crippen molar-refractivity contribution in [2.24, 2.45) is 5.92 Å². The van der Waals surface area contributed by atoms with Crippen LogP contribution in [0.5, 0.6) is 11.5 Å². The van der Waals surface area contributed by atoms with E-state index in [-0.39, 0.29) is 16.8 Å². The number of piperidine rings is 1. The van der Waals surface area contributed by atoms with Crippen LogP contribution in [0.25, 0.3) is 0 Å². The van der Waals surface area contributed by atoms with Gasteiger partial charge in [-0.15, -0.1) is 0 Å². The van der Waals surface area contributed by atoms with Crippen LogP contribution in [0, 0.1) is 5.92 Å². The van der Waals surface area contributed by atoms with Crippen molar-refractivity contribution in [1.29, 1.82) is 0 Å². The molecule has 3 aromatic rings. The SMILES string of the molecule is COc1cc(C(C)(C)C)c(OC(=O)c2ccc(N(c3ccccc3)[C@@H]3CCN(C)C[C@H]3C)cc2)c(C(C)(C)C)c1. The topological polar surface area (TPSA) is 42.0 Å². The van der Waals surface area contributed by atoms with Gasteiger partial charge < -0.3 is 19.3 Å². The maximum absolute atomic E-state index is 13.6. The summed E-state index contributed by atoms with van der Waals surface area (Å²) in [6.45, 7) is 17.2. The molecular weight excluding hydrogens is 496 g/mol. The van der Waals surface area contributed by atoms with Gasteiger partial charge in [0, 0.05) is 35.1 Å². The van der Waals surface area contributed by atoms with Crippen LogP contribution in [0.15, 0.2) is 66.7 Å². The molecule has 0 amide bonds. The van der Waals surface area contributed by atoms with Crippen molar-refractivity contribution in [3.63, 3.8) is 0 Å². The van der Waals surface area contributed by atoms with E-state index in [1.54, 1.807) is 7.11 Å². The van der Waals surface area contributed by atoms with Crippen molar-refractivity contribution in [3.8, 4) is 11.5 Å². The molecule has 5 nitrogen and oxygen atoms in total. The van der Waals surface area contributed by atoms with E-state index in [1.807, 2.05) is 24.3 Å². The van der Waals surface area contributed by atoms with E-state index in [1.165, 1.54) is 5.69 Å². The number of ether oxygens (including phenoxy) is 2. The van der Waals surface area contributed by atoms with Crippen LogP contribution in [-0.4, -0.2) is 44.2 Å². The van der Waals surface area contributed by atoms with E-state index in [9.17, 15) is 4.79 Å². The van der Waals surface area contributed by atoms with Crippen molar-refractivity contribution < 1.29 is 14.3 Å². The predicted octanol–water partition coefficient (Wildman–Crippen LogP) is 7.99. The second-order valence-corrected chi connectivity index (χ2v) is 13.3. The van der Waals surface area contributed by atoms with Gasteiger partial charge in [0.05, 0.1) is 12.7 Å². The van der Waals surface area contributed by atoms with Gasteiger partial charge in [-0.1, -0.05) is 66.7 Å². The first kappa shape index (κ1) is 29.7. The molecule has 1 aliphatic rings. The number of para-hydroxylation sites is 1. The van der Waals surface area contributed by atoms with Gasteiger partial charge in [0.15, 0.2) is 0 Å². The summed E-state index contributed by atoms with van der Waals surface area (Å²) in [6.07, 6.45) is 1.08. The molecule has 3 aromatic carbocycles. The molecule has 0 bridgehead atoms. The highest BCUT2D eigenvalue weighted by molar-refractivity contribution is 5.92. The summed E-state index contributed by atoms with van der Waals surface area (Å²) >= 11 is 0. The van der Waals surface area contributed by atoms with Crippen LogP contribution in [0.1, 0.15) is 76.4 Å². The van der Waals surface area contributed by atoms with E-state index in [4.69, 9.17) is 9.47 Å². The minimum Gasteiger partial charge on any atom is -0.497 e. The van der Waals surface area contributed by atoms with Gasteiger partial charge in [-0.3, -0.25) is 0 Å². The number of methoxy groups -OCH3 is 1. The molecule has 0 unspecified atom stereocenters. The zero-order valence-corrected chi connectivity index (χ0v) is 25.7. The largest absolute Gasteiger partial charge is 0.497 e. The lowest BCUT2D eigenvalue weighted by Gasteiger charge is -2.43. The Bertz CT molecular complexity index is 1270. The highest BCUT2D eigenvalue weighted by Crippen LogP contribution is 2.43. The second-order valence-electron chi connectivity index (χ2n) is 13.3. The van der Waals surface area contributed by atoms with E-state index in [2.05, 4.69) is 108 Å². The summed E-state index contributed by atoms with van der Waals surface area (Å²) < 4.78 is 11.8. The third-order valence-corrected chi connectivity index (χ3v) is 7.92. The van der Waals surface area contributed by atoms with Gasteiger partial charge in [-0.05, 0) is 85.3 Å². The van der Waals surface area contributed by atoms with Crippen LogP contribution in [0.3, 0.4) is 0 Å². The average Bonchev–Trinajstić information content (AvgIpc) is 2.90. The number of anilines is 2. The Hall–Kier alpha value is -3.31. The lowest BCUT2D eigenvalue weighted by molar-refractivity contribution is 0.0728. The lowest BCUT2D eigenvalue weighted by Crippen LogP contribution is -2.47. The molecule has 1 heterocycles. The molecule has 5 heteroatoms. The Morgan fingerprint density at radius 3 is 1.93 bits per heavy atom. The van der Waals surface area contributed by atoms with Crippen LogP contribution in [-0.2, 0) is 10.8 Å². The van der Waals surface area contributed by atoms with Crippen LogP contribution < -0.4 is 14.4 Å². The first-order valence-electron chi connectivity index (χ1n) is 14.4. The van der Waals surface area contributed by atoms with Crippen molar-refractivity contribution in [2.45, 2.75) is 71.8 Å². The Morgan fingerprint density at radius 2 is 1.43 bits per heavy atom. The minimum absolute atomic E-state index is 0.241. The third kappa shape index (κ3) is 6.52. The number of likely N-dealkylation sites (tertiary alicyclic amines) is 1. The molecule has 0 saturated carbocycles. The zero-order chi connectivity index (χ0) is 29.2. The smallest absolute Gasteiger partial charge is 0.343 e. The molecule has 1 fully saturated rings. The molecule has 1 aliphatic heterocycles. The first-order chi connectivity index (χ1) is 18.8. The van der Waals surface area contributed by atoms with E-state index in [0.29, 0.717) is 23.3 Å². The molecule has 0 aromatic heterocycles. The standard InChI is InChI=1S/C35H46N2O3/c1-24-23-36(8)20-19-31(24)37(26-13-11-10-12-14-26)27-17-15-25(16-18-27)33(38)40-32-29(34(2,3)4)21-28(39-9)22-30(32)35(5,6)7/h10-18,21-22,24,31H,19-20,23H2,1-9H3/t24-,31-/m1/s1. The molecular formula is C35H46N2O3. The van der Waals surface area contributed by atoms with Gasteiger partial charge in [0.25, 0.3) is 0 Å². The highest BCUT2D eigenvalue weighted by Gasteiger charge is 2.32. The fraction of sp³-hybridized carbons (Fsp3) is 0.457. The highest BCUT2D eigenvalue weighted by atomic mass is 16.5. The number of hydrogen-bond donors (Lipinski definition) is 0. The average molecular weight is 543 g/mol. The molecule has 214 valence electrons. The Morgan fingerprint density at radius 1 is 0.875 bits per heavy atom. The molecule has 1 saturated heterocycles. The maximum Gasteiger partial charge on any atom is 0.343 e. The molecule has 4 rings (SSSR count). The van der Waals surface area contributed by atoms with Crippen molar-refractivity contribution in [2.75, 3.05) is 32.1 Å². The number of esters is 1. The molecule has 40 heavy (non-hydrogen) atoms. The predicted molar refractivity (Wildman–Crippen MR) is 165 cm³/mol. The van der Waals surface area contributed by atoms with Gasteiger partial charge in [0.1, 0.15) is 11.5 Å². The monoisotopic (exact) mass is 542 g/mol. The molecule has 0 aliphatic carbocycles. The second kappa shape index (κ2) is 11.7. The Balaban J connectivity index is 1.68. The Labute approximate surface area is 241 Å². The maximum atomic E-state index is 13.6. The first-order valence-corrected chi connectivity index (χ1v) is 14.4. The summed E-state index contributed by atoms with van der Waals surface area (Å²) in [4.78, 5) is 18.4. The van der Waals surface area contributed by atoms with Crippen molar-refractivity contribution >= 4 is 17.3 Å². The lowest BCUT2D eigenvalue weighted by atomic mass is 9.79. The summed E-state index contributed by atoms with van der Waals surface area (Å²) in [5.41, 5.74) is 4.20. The van der Waals surface area contributed by atoms with Crippen LogP contribution in [0.2, 0.25) is 0 Å². The number of carbonyl (C=O) groups is 1. The fourth-order valence-corrected chi connectivity index (χ4v) is 5.70. The van der Waals surface area contributed by atoms with Gasteiger partial charge in [-0.2, -0.15) is 0 Å². The Kier molecular flexibility index (Phi) is 8.65. The molecule has 0 spiro atoms. The number of hydrogen-bond acceptors (Lipinski definition) is 5. The van der Waals surface area contributed by atoms with E-state index >= 15 is 0 Å². The molecule has 0 N–H and O–H groups in total. The van der Waals surface area contributed by atoms with Crippen molar-refractivity contribution in [3.05, 3.63) is 83.4 Å².